The molecule has 0 spiro atoms. The van der Waals surface area contributed by atoms with E-state index in [0.717, 1.165) is 0 Å². The average Bonchev–Trinajstić information content (AvgIpc) is 2.58. The maximum Gasteiger partial charge on any atom is 0.341 e. The topological polar surface area (TPSA) is 87.4 Å². The Bertz CT molecular complexity index is 835. The number of Topliss-reactive ketones (excluding diaryl/α,β-unsaturated/α-hetero) is 1. The average molecular weight is 342 g/mol. The van der Waals surface area contributed by atoms with Gasteiger partial charge in [0.05, 0.1) is 0 Å². The first-order valence-electron chi connectivity index (χ1n) is 6.87. The minimum atomic E-state index is -1.12. The molecule has 0 amide bonds. The van der Waals surface area contributed by atoms with Gasteiger partial charge in [-0.2, -0.15) is 5.26 Å². The fourth-order valence-electron chi connectivity index (χ4n) is 1.93. The molecule has 0 bridgehead atoms. The molecule has 120 valence electrons. The summed E-state index contributed by atoms with van der Waals surface area (Å²) in [5.74, 6) is -1.30. The molecule has 0 saturated carbocycles. The van der Waals surface area contributed by atoms with E-state index >= 15 is 0 Å². The van der Waals surface area contributed by atoms with E-state index in [9.17, 15) is 14.9 Å². The number of para-hydroxylation sites is 1. The lowest BCUT2D eigenvalue weighted by Crippen LogP contribution is -2.10. The van der Waals surface area contributed by atoms with Gasteiger partial charge in [-0.05, 0) is 36.4 Å². The van der Waals surface area contributed by atoms with E-state index in [1.54, 1.807) is 36.4 Å². The zero-order valence-corrected chi connectivity index (χ0v) is 13.2. The van der Waals surface area contributed by atoms with E-state index < -0.39 is 18.4 Å². The molecular formula is C18H12ClNO4. The van der Waals surface area contributed by atoms with Gasteiger partial charge in [-0.1, -0.05) is 29.8 Å². The van der Waals surface area contributed by atoms with E-state index in [-0.39, 0.29) is 11.3 Å². The second kappa shape index (κ2) is 7.95. The molecule has 0 unspecified atom stereocenters. The Hall–Kier alpha value is -3.10. The van der Waals surface area contributed by atoms with E-state index in [2.05, 4.69) is 0 Å². The Morgan fingerprint density at radius 3 is 2.46 bits per heavy atom. The molecule has 1 N–H and O–H groups in total. The number of nitrogens with zero attached hydrogens (tertiary/aromatic N) is 1. The van der Waals surface area contributed by atoms with Crippen LogP contribution in [0.2, 0.25) is 5.02 Å². The molecule has 2 rings (SSSR count). The molecule has 0 saturated heterocycles. The van der Waals surface area contributed by atoms with E-state index in [4.69, 9.17) is 21.4 Å². The normalized spacial score (nSPS) is 10.8. The van der Waals surface area contributed by atoms with Gasteiger partial charge in [0.25, 0.3) is 0 Å². The number of allylic oxidation sites excluding steroid dienone is 1. The number of rotatable bonds is 6. The van der Waals surface area contributed by atoms with Crippen molar-refractivity contribution >= 4 is 29.4 Å². The number of benzene rings is 2. The molecule has 24 heavy (non-hydrogen) atoms. The van der Waals surface area contributed by atoms with Crippen LogP contribution < -0.4 is 4.74 Å². The summed E-state index contributed by atoms with van der Waals surface area (Å²) in [6.07, 6.45) is 1.37. The van der Waals surface area contributed by atoms with Crippen LogP contribution in [0.4, 0.5) is 0 Å². The standard InChI is InChI=1S/C18H12ClNO4/c19-15-7-5-12(6-8-15)18(23)14(10-20)9-13-3-1-2-4-16(13)24-11-17(21)22/h1-9H,11H2,(H,21,22)/b14-9+. The quantitative estimate of drug-likeness (QED) is 0.493. The lowest BCUT2D eigenvalue weighted by Gasteiger charge is -2.07. The number of hydrogen-bond acceptors (Lipinski definition) is 4. The summed E-state index contributed by atoms with van der Waals surface area (Å²) in [5.41, 5.74) is 0.678. The minimum Gasteiger partial charge on any atom is -0.481 e. The number of carbonyl (C=O) groups is 2. The number of hydrogen-bond donors (Lipinski definition) is 1. The fourth-order valence-corrected chi connectivity index (χ4v) is 2.06. The first-order valence-corrected chi connectivity index (χ1v) is 7.24. The van der Waals surface area contributed by atoms with Gasteiger partial charge < -0.3 is 9.84 Å². The van der Waals surface area contributed by atoms with Crippen LogP contribution in [0.3, 0.4) is 0 Å². The highest BCUT2D eigenvalue weighted by molar-refractivity contribution is 6.30. The zero-order chi connectivity index (χ0) is 17.5. The first-order chi connectivity index (χ1) is 11.5. The Kier molecular flexibility index (Phi) is 5.72. The molecule has 0 radical (unpaired) electrons. The van der Waals surface area contributed by atoms with Gasteiger partial charge in [-0.15, -0.1) is 0 Å². The van der Waals surface area contributed by atoms with E-state index in [0.29, 0.717) is 16.1 Å². The molecular weight excluding hydrogens is 330 g/mol. The third-order valence-corrected chi connectivity index (χ3v) is 3.29. The number of carbonyl (C=O) groups excluding carboxylic acids is 1. The summed E-state index contributed by atoms with van der Waals surface area (Å²) in [6, 6.07) is 14.6. The highest BCUT2D eigenvalue weighted by atomic mass is 35.5. The highest BCUT2D eigenvalue weighted by Crippen LogP contribution is 2.22. The Labute approximate surface area is 143 Å². The second-order valence-corrected chi connectivity index (χ2v) is 5.16. The predicted molar refractivity (Wildman–Crippen MR) is 88.9 cm³/mol. The van der Waals surface area contributed by atoms with Gasteiger partial charge in [0.15, 0.2) is 6.61 Å². The zero-order valence-electron chi connectivity index (χ0n) is 12.4. The number of ether oxygens (including phenoxy) is 1. The van der Waals surface area contributed by atoms with Crippen molar-refractivity contribution in [1.82, 2.24) is 0 Å². The summed E-state index contributed by atoms with van der Waals surface area (Å²) in [6.45, 7) is -0.516. The molecule has 0 aliphatic carbocycles. The van der Waals surface area contributed by atoms with E-state index in [1.807, 2.05) is 6.07 Å². The van der Waals surface area contributed by atoms with Gasteiger partial charge in [0, 0.05) is 16.1 Å². The summed E-state index contributed by atoms with van der Waals surface area (Å²) in [7, 11) is 0. The number of nitriles is 1. The molecule has 6 heteroatoms. The number of aliphatic carboxylic acids is 1. The van der Waals surface area contributed by atoms with Gasteiger partial charge >= 0.3 is 5.97 Å². The van der Waals surface area contributed by atoms with E-state index in [1.165, 1.54) is 18.2 Å². The Morgan fingerprint density at radius 2 is 1.83 bits per heavy atom. The third kappa shape index (κ3) is 4.45. The molecule has 0 aliphatic heterocycles. The maximum absolute atomic E-state index is 12.4. The van der Waals surface area contributed by atoms with Crippen LogP contribution >= 0.6 is 11.6 Å². The van der Waals surface area contributed by atoms with Crippen molar-refractivity contribution in [3.8, 4) is 11.8 Å². The monoisotopic (exact) mass is 341 g/mol. The third-order valence-electron chi connectivity index (χ3n) is 3.04. The summed E-state index contributed by atoms with van der Waals surface area (Å²) in [5, 5.41) is 18.5. The molecule has 0 fully saturated rings. The fraction of sp³-hybridized carbons (Fsp3) is 0.0556. The summed E-state index contributed by atoms with van der Waals surface area (Å²) < 4.78 is 5.16. The summed E-state index contributed by atoms with van der Waals surface area (Å²) >= 11 is 5.79. The van der Waals surface area contributed by atoms with Gasteiger partial charge in [-0.3, -0.25) is 4.79 Å². The first kappa shape index (κ1) is 17.3. The van der Waals surface area contributed by atoms with Crippen LogP contribution in [0.25, 0.3) is 6.08 Å². The van der Waals surface area contributed by atoms with Crippen molar-refractivity contribution in [1.29, 1.82) is 5.26 Å². The van der Waals surface area contributed by atoms with Crippen LogP contribution in [0.15, 0.2) is 54.1 Å². The lowest BCUT2D eigenvalue weighted by atomic mass is 10.0. The molecule has 0 aliphatic rings. The number of ketones is 1. The van der Waals surface area contributed by atoms with Crippen molar-refractivity contribution in [2.45, 2.75) is 0 Å². The van der Waals surface area contributed by atoms with Crippen LogP contribution in [-0.4, -0.2) is 23.5 Å². The SMILES string of the molecule is N#C/C(=C\c1ccccc1OCC(=O)O)C(=O)c1ccc(Cl)cc1. The summed E-state index contributed by atoms with van der Waals surface area (Å²) in [4.78, 5) is 23.0. The van der Waals surface area contributed by atoms with Crippen molar-refractivity contribution in [2.75, 3.05) is 6.61 Å². The number of carboxylic acid groups (broad SMARTS) is 1. The second-order valence-electron chi connectivity index (χ2n) is 4.73. The molecule has 2 aromatic rings. The van der Waals surface area contributed by atoms with Crippen LogP contribution in [-0.2, 0) is 4.79 Å². The maximum atomic E-state index is 12.4. The molecule has 5 nitrogen and oxygen atoms in total. The smallest absolute Gasteiger partial charge is 0.341 e. The Balaban J connectivity index is 2.34. The number of carboxylic acids is 1. The van der Waals surface area contributed by atoms with Crippen molar-refractivity contribution in [2.24, 2.45) is 0 Å². The van der Waals surface area contributed by atoms with Crippen molar-refractivity contribution < 1.29 is 19.4 Å². The molecule has 0 aromatic heterocycles. The van der Waals surface area contributed by atoms with Gasteiger partial charge in [0.1, 0.15) is 17.4 Å². The number of halogens is 1. The highest BCUT2D eigenvalue weighted by Gasteiger charge is 2.13. The van der Waals surface area contributed by atoms with Crippen LogP contribution in [0.5, 0.6) is 5.75 Å². The Morgan fingerprint density at radius 1 is 1.17 bits per heavy atom. The van der Waals surface area contributed by atoms with Crippen LogP contribution in [0, 0.1) is 11.3 Å². The van der Waals surface area contributed by atoms with Crippen molar-refractivity contribution in [3.63, 3.8) is 0 Å². The molecule has 0 atom stereocenters. The minimum absolute atomic E-state index is 0.0938. The van der Waals surface area contributed by atoms with Gasteiger partial charge in [-0.25, -0.2) is 4.79 Å². The lowest BCUT2D eigenvalue weighted by molar-refractivity contribution is -0.139. The molecule has 0 heterocycles. The van der Waals surface area contributed by atoms with Crippen LogP contribution in [0.1, 0.15) is 15.9 Å². The van der Waals surface area contributed by atoms with Gasteiger partial charge in [0.2, 0.25) is 5.78 Å². The predicted octanol–water partition coefficient (Wildman–Crippen LogP) is 3.59. The molecule has 2 aromatic carbocycles. The largest absolute Gasteiger partial charge is 0.481 e. The van der Waals surface area contributed by atoms with Crippen molar-refractivity contribution in [3.05, 3.63) is 70.3 Å².